The highest BCUT2D eigenvalue weighted by Crippen LogP contribution is 2.40. The van der Waals surface area contributed by atoms with Crippen LogP contribution in [-0.2, 0) is 0 Å². The van der Waals surface area contributed by atoms with Crippen LogP contribution < -0.4 is 4.74 Å². The molecule has 3 rings (SSSR count). The summed E-state index contributed by atoms with van der Waals surface area (Å²) in [5, 5.41) is 10.1. The van der Waals surface area contributed by atoms with Gasteiger partial charge in [0.05, 0.1) is 6.10 Å². The lowest BCUT2D eigenvalue weighted by Crippen LogP contribution is -2.34. The molecule has 2 unspecified atom stereocenters. The van der Waals surface area contributed by atoms with E-state index in [0.717, 1.165) is 0 Å². The standard InChI is InChI=1S/C15H19FO2/c16-11-6-7-14-12(8-11)13(17)9-15(18-14)10-4-2-1-3-5-10/h6-8,10,13,15,17H,1-5,9H2. The number of fused-ring (bicyclic) bond motifs is 1. The molecule has 0 saturated heterocycles. The molecule has 98 valence electrons. The fraction of sp³-hybridized carbons (Fsp3) is 0.600. The molecule has 2 atom stereocenters. The number of benzene rings is 1. The predicted octanol–water partition coefficient (Wildman–Crippen LogP) is 3.59. The maximum Gasteiger partial charge on any atom is 0.125 e. The minimum absolute atomic E-state index is 0.0956. The number of rotatable bonds is 1. The van der Waals surface area contributed by atoms with Crippen molar-refractivity contribution in [1.82, 2.24) is 0 Å². The van der Waals surface area contributed by atoms with Crippen molar-refractivity contribution in [3.8, 4) is 5.75 Å². The molecule has 2 aliphatic rings. The lowest BCUT2D eigenvalue weighted by atomic mass is 9.81. The molecule has 0 bridgehead atoms. The second kappa shape index (κ2) is 4.88. The molecule has 1 fully saturated rings. The Morgan fingerprint density at radius 1 is 1.17 bits per heavy atom. The van der Waals surface area contributed by atoms with Gasteiger partial charge in [0.1, 0.15) is 17.7 Å². The first-order valence-corrected chi connectivity index (χ1v) is 6.88. The van der Waals surface area contributed by atoms with Crippen molar-refractivity contribution in [3.63, 3.8) is 0 Å². The van der Waals surface area contributed by atoms with Crippen LogP contribution in [-0.4, -0.2) is 11.2 Å². The summed E-state index contributed by atoms with van der Waals surface area (Å²) in [4.78, 5) is 0. The minimum atomic E-state index is -0.587. The lowest BCUT2D eigenvalue weighted by Gasteiger charge is -2.36. The van der Waals surface area contributed by atoms with Crippen molar-refractivity contribution < 1.29 is 14.2 Å². The van der Waals surface area contributed by atoms with E-state index in [0.29, 0.717) is 23.7 Å². The molecule has 1 N–H and O–H groups in total. The van der Waals surface area contributed by atoms with Crippen molar-refractivity contribution in [2.45, 2.75) is 50.7 Å². The van der Waals surface area contributed by atoms with Crippen LogP contribution in [0.1, 0.15) is 50.2 Å². The van der Waals surface area contributed by atoms with E-state index in [9.17, 15) is 9.50 Å². The van der Waals surface area contributed by atoms with Crippen LogP contribution in [0.2, 0.25) is 0 Å². The van der Waals surface area contributed by atoms with Gasteiger partial charge in [0.2, 0.25) is 0 Å². The highest BCUT2D eigenvalue weighted by Gasteiger charge is 2.33. The lowest BCUT2D eigenvalue weighted by molar-refractivity contribution is 0.0231. The first-order chi connectivity index (χ1) is 8.74. The second-order valence-electron chi connectivity index (χ2n) is 5.49. The first kappa shape index (κ1) is 12.0. The van der Waals surface area contributed by atoms with E-state index in [4.69, 9.17) is 4.74 Å². The van der Waals surface area contributed by atoms with E-state index in [1.54, 1.807) is 6.07 Å². The normalized spacial score (nSPS) is 28.6. The molecule has 18 heavy (non-hydrogen) atoms. The van der Waals surface area contributed by atoms with Crippen LogP contribution in [0, 0.1) is 11.7 Å². The van der Waals surface area contributed by atoms with Gasteiger partial charge in [0, 0.05) is 12.0 Å². The third-order valence-corrected chi connectivity index (χ3v) is 4.24. The zero-order valence-corrected chi connectivity index (χ0v) is 10.4. The van der Waals surface area contributed by atoms with Gasteiger partial charge < -0.3 is 9.84 Å². The van der Waals surface area contributed by atoms with E-state index in [1.807, 2.05) is 0 Å². The Kier molecular flexibility index (Phi) is 3.25. The summed E-state index contributed by atoms with van der Waals surface area (Å²) < 4.78 is 19.1. The average molecular weight is 250 g/mol. The molecule has 0 spiro atoms. The Labute approximate surface area is 107 Å². The fourth-order valence-electron chi connectivity index (χ4n) is 3.24. The summed E-state index contributed by atoms with van der Waals surface area (Å²) >= 11 is 0. The maximum atomic E-state index is 13.2. The smallest absolute Gasteiger partial charge is 0.125 e. The molecule has 1 aromatic carbocycles. The molecule has 1 aliphatic carbocycles. The number of aliphatic hydroxyl groups is 1. The molecule has 1 heterocycles. The van der Waals surface area contributed by atoms with Crippen molar-refractivity contribution in [2.75, 3.05) is 0 Å². The van der Waals surface area contributed by atoms with E-state index >= 15 is 0 Å². The maximum absolute atomic E-state index is 13.2. The summed E-state index contributed by atoms with van der Waals surface area (Å²) in [5.74, 6) is 0.893. The monoisotopic (exact) mass is 250 g/mol. The molecular formula is C15H19FO2. The highest BCUT2D eigenvalue weighted by atomic mass is 19.1. The van der Waals surface area contributed by atoms with Crippen LogP contribution in [0.3, 0.4) is 0 Å². The number of aliphatic hydroxyl groups excluding tert-OH is 1. The molecule has 1 saturated carbocycles. The number of hydrogen-bond donors (Lipinski definition) is 1. The van der Waals surface area contributed by atoms with Gasteiger partial charge in [-0.15, -0.1) is 0 Å². The van der Waals surface area contributed by atoms with Gasteiger partial charge in [-0.3, -0.25) is 0 Å². The summed E-state index contributed by atoms with van der Waals surface area (Å²) in [5.41, 5.74) is 0.599. The molecule has 0 amide bonds. The Hall–Kier alpha value is -1.09. The van der Waals surface area contributed by atoms with Crippen molar-refractivity contribution in [3.05, 3.63) is 29.6 Å². The van der Waals surface area contributed by atoms with Crippen LogP contribution in [0.15, 0.2) is 18.2 Å². The molecular weight excluding hydrogens is 231 g/mol. The predicted molar refractivity (Wildman–Crippen MR) is 67.0 cm³/mol. The van der Waals surface area contributed by atoms with Crippen LogP contribution in [0.25, 0.3) is 0 Å². The van der Waals surface area contributed by atoms with Crippen molar-refractivity contribution in [1.29, 1.82) is 0 Å². The van der Waals surface area contributed by atoms with Gasteiger partial charge in [-0.1, -0.05) is 19.3 Å². The Morgan fingerprint density at radius 2 is 1.94 bits per heavy atom. The quantitative estimate of drug-likeness (QED) is 0.825. The van der Waals surface area contributed by atoms with Gasteiger partial charge in [-0.2, -0.15) is 0 Å². The summed E-state index contributed by atoms with van der Waals surface area (Å²) in [7, 11) is 0. The van der Waals surface area contributed by atoms with Crippen molar-refractivity contribution in [2.24, 2.45) is 5.92 Å². The minimum Gasteiger partial charge on any atom is -0.490 e. The molecule has 3 heteroatoms. The SMILES string of the molecule is OC1CC(C2CCCCC2)Oc2ccc(F)cc21. The topological polar surface area (TPSA) is 29.5 Å². The van der Waals surface area contributed by atoms with Gasteiger partial charge in [-0.05, 0) is 37.0 Å². The van der Waals surface area contributed by atoms with E-state index < -0.39 is 6.10 Å². The highest BCUT2D eigenvalue weighted by molar-refractivity contribution is 5.37. The zero-order chi connectivity index (χ0) is 12.5. The summed E-state index contributed by atoms with van der Waals surface area (Å²) in [6.07, 6.45) is 6.32. The van der Waals surface area contributed by atoms with Crippen LogP contribution >= 0.6 is 0 Å². The zero-order valence-electron chi connectivity index (χ0n) is 10.4. The Morgan fingerprint density at radius 3 is 2.72 bits per heavy atom. The average Bonchev–Trinajstić information content (AvgIpc) is 2.40. The van der Waals surface area contributed by atoms with Gasteiger partial charge in [-0.25, -0.2) is 4.39 Å². The summed E-state index contributed by atoms with van der Waals surface area (Å²) in [6, 6.07) is 4.43. The third kappa shape index (κ3) is 2.24. The van der Waals surface area contributed by atoms with Crippen LogP contribution in [0.4, 0.5) is 4.39 Å². The van der Waals surface area contributed by atoms with Gasteiger partial charge >= 0.3 is 0 Å². The van der Waals surface area contributed by atoms with Crippen molar-refractivity contribution >= 4 is 0 Å². The first-order valence-electron chi connectivity index (χ1n) is 6.88. The second-order valence-corrected chi connectivity index (χ2v) is 5.49. The molecule has 1 aliphatic heterocycles. The molecule has 2 nitrogen and oxygen atoms in total. The molecule has 1 aromatic rings. The number of ether oxygens (including phenoxy) is 1. The van der Waals surface area contributed by atoms with E-state index in [-0.39, 0.29) is 11.9 Å². The molecule has 0 aromatic heterocycles. The molecule has 0 radical (unpaired) electrons. The Bertz CT molecular complexity index is 427. The number of hydrogen-bond acceptors (Lipinski definition) is 2. The Balaban J connectivity index is 1.80. The summed E-state index contributed by atoms with van der Waals surface area (Å²) in [6.45, 7) is 0. The van der Waals surface area contributed by atoms with Gasteiger partial charge in [0.15, 0.2) is 0 Å². The third-order valence-electron chi connectivity index (χ3n) is 4.24. The van der Waals surface area contributed by atoms with Crippen LogP contribution in [0.5, 0.6) is 5.75 Å². The number of halogens is 1. The fourth-order valence-corrected chi connectivity index (χ4v) is 3.24. The van der Waals surface area contributed by atoms with E-state index in [1.165, 1.54) is 44.2 Å². The van der Waals surface area contributed by atoms with Gasteiger partial charge in [0.25, 0.3) is 0 Å². The van der Waals surface area contributed by atoms with E-state index in [2.05, 4.69) is 0 Å². The largest absolute Gasteiger partial charge is 0.490 e.